The number of amides is 1. The van der Waals surface area contributed by atoms with E-state index in [-0.39, 0.29) is 23.4 Å². The number of carbonyl (C=O) groups is 1. The van der Waals surface area contributed by atoms with Gasteiger partial charge in [-0.2, -0.15) is 0 Å². The van der Waals surface area contributed by atoms with Crippen molar-refractivity contribution in [2.75, 3.05) is 13.1 Å². The fourth-order valence-corrected chi connectivity index (χ4v) is 1.50. The number of hydrogen-bond acceptors (Lipinski definition) is 2. The normalized spacial score (nSPS) is 10.7. The van der Waals surface area contributed by atoms with E-state index in [4.69, 9.17) is 5.73 Å². The third-order valence-electron chi connectivity index (χ3n) is 3.24. The number of nitrogens with one attached hydrogen (secondary N) is 1. The lowest BCUT2D eigenvalue weighted by Gasteiger charge is -2.23. The molecule has 0 atom stereocenters. The van der Waals surface area contributed by atoms with Crippen molar-refractivity contribution in [3.63, 3.8) is 0 Å². The molecule has 1 amide bonds. The molecule has 0 spiro atoms. The van der Waals surface area contributed by atoms with Gasteiger partial charge in [-0.25, -0.2) is 4.39 Å². The summed E-state index contributed by atoms with van der Waals surface area (Å²) in [7, 11) is 0. The molecule has 1 aromatic carbocycles. The predicted octanol–water partition coefficient (Wildman–Crippen LogP) is 2.30. The van der Waals surface area contributed by atoms with Crippen LogP contribution in [0.3, 0.4) is 0 Å². The Bertz CT molecular complexity index is 541. The fourth-order valence-electron chi connectivity index (χ4n) is 1.50. The molecule has 3 nitrogen and oxygen atoms in total. The van der Waals surface area contributed by atoms with Gasteiger partial charge in [0.25, 0.3) is 5.91 Å². The minimum Gasteiger partial charge on any atom is -0.351 e. The van der Waals surface area contributed by atoms with Gasteiger partial charge in [-0.1, -0.05) is 32.6 Å². The average molecular weight is 276 g/mol. The van der Waals surface area contributed by atoms with Crippen molar-refractivity contribution in [1.29, 1.82) is 0 Å². The minimum absolute atomic E-state index is 0.00604. The van der Waals surface area contributed by atoms with Crippen LogP contribution in [0.25, 0.3) is 0 Å². The highest BCUT2D eigenvalue weighted by Crippen LogP contribution is 2.18. The Balaban J connectivity index is 2.94. The zero-order chi connectivity index (χ0) is 15.2. The van der Waals surface area contributed by atoms with Gasteiger partial charge in [-0.3, -0.25) is 4.79 Å². The summed E-state index contributed by atoms with van der Waals surface area (Å²) in [5.41, 5.74) is 6.06. The lowest BCUT2D eigenvalue weighted by Crippen LogP contribution is -2.34. The van der Waals surface area contributed by atoms with Gasteiger partial charge in [0.15, 0.2) is 0 Å². The largest absolute Gasteiger partial charge is 0.351 e. The number of rotatable bonds is 4. The summed E-state index contributed by atoms with van der Waals surface area (Å²) in [5, 5.41) is 2.83. The van der Waals surface area contributed by atoms with E-state index in [1.165, 1.54) is 18.2 Å². The third-order valence-corrected chi connectivity index (χ3v) is 3.24. The second kappa shape index (κ2) is 7.06. The molecule has 0 heterocycles. The monoisotopic (exact) mass is 276 g/mol. The molecule has 1 aromatic rings. The molecule has 0 aliphatic rings. The van der Waals surface area contributed by atoms with Crippen LogP contribution in [0, 0.1) is 23.1 Å². The topological polar surface area (TPSA) is 55.1 Å². The van der Waals surface area contributed by atoms with Crippen molar-refractivity contribution < 1.29 is 9.18 Å². The molecule has 0 aliphatic heterocycles. The van der Waals surface area contributed by atoms with Crippen LogP contribution in [0.2, 0.25) is 0 Å². The lowest BCUT2D eigenvalue weighted by atomic mass is 9.90. The van der Waals surface area contributed by atoms with E-state index in [1.807, 2.05) is 0 Å². The lowest BCUT2D eigenvalue weighted by molar-refractivity contribution is 0.0935. The van der Waals surface area contributed by atoms with Crippen LogP contribution in [-0.2, 0) is 0 Å². The molecule has 0 bridgehead atoms. The Hall–Kier alpha value is -1.86. The van der Waals surface area contributed by atoms with Crippen molar-refractivity contribution in [1.82, 2.24) is 5.32 Å². The summed E-state index contributed by atoms with van der Waals surface area (Å²) in [6.45, 7) is 6.92. The second-order valence-corrected chi connectivity index (χ2v) is 5.40. The molecule has 108 valence electrons. The summed E-state index contributed by atoms with van der Waals surface area (Å²) in [6.07, 6.45) is 0.941. The highest BCUT2D eigenvalue weighted by Gasteiger charge is 2.18. The van der Waals surface area contributed by atoms with Gasteiger partial charge in [0.05, 0.1) is 12.1 Å². The summed E-state index contributed by atoms with van der Waals surface area (Å²) < 4.78 is 13.3. The summed E-state index contributed by atoms with van der Waals surface area (Å²) >= 11 is 0. The molecular formula is C16H21FN2O. The highest BCUT2D eigenvalue weighted by atomic mass is 19.1. The van der Waals surface area contributed by atoms with Crippen LogP contribution >= 0.6 is 0 Å². The van der Waals surface area contributed by atoms with E-state index >= 15 is 0 Å². The Kier molecular flexibility index (Phi) is 5.72. The molecule has 0 aliphatic carbocycles. The first kappa shape index (κ1) is 16.2. The van der Waals surface area contributed by atoms with Gasteiger partial charge in [0.2, 0.25) is 0 Å². The fraction of sp³-hybridized carbons (Fsp3) is 0.438. The number of carbonyl (C=O) groups excluding carboxylic acids is 1. The molecule has 0 radical (unpaired) electrons. The van der Waals surface area contributed by atoms with Gasteiger partial charge in [0.1, 0.15) is 5.82 Å². The van der Waals surface area contributed by atoms with Crippen molar-refractivity contribution in [3.8, 4) is 11.8 Å². The number of benzene rings is 1. The predicted molar refractivity (Wildman–Crippen MR) is 78.7 cm³/mol. The number of halogens is 1. The quantitative estimate of drug-likeness (QED) is 0.829. The summed E-state index contributed by atoms with van der Waals surface area (Å²) in [4.78, 5) is 12.2. The van der Waals surface area contributed by atoms with Gasteiger partial charge in [-0.15, -0.1) is 0 Å². The maximum absolute atomic E-state index is 13.3. The van der Waals surface area contributed by atoms with Gasteiger partial charge in [0, 0.05) is 12.1 Å². The smallest absolute Gasteiger partial charge is 0.252 e. The van der Waals surface area contributed by atoms with E-state index in [9.17, 15) is 9.18 Å². The maximum atomic E-state index is 13.3. The van der Waals surface area contributed by atoms with E-state index in [2.05, 4.69) is 37.9 Å². The zero-order valence-corrected chi connectivity index (χ0v) is 12.2. The van der Waals surface area contributed by atoms with Crippen molar-refractivity contribution >= 4 is 5.91 Å². The van der Waals surface area contributed by atoms with Crippen molar-refractivity contribution in [2.24, 2.45) is 11.1 Å². The molecule has 0 saturated heterocycles. The first-order valence-electron chi connectivity index (χ1n) is 6.66. The minimum atomic E-state index is -0.455. The standard InChI is InChI=1S/C16H21FN2O/c1-4-16(2,3)11-19-15(20)14-10-13(17)8-7-12(14)6-5-9-18/h7-8,10H,4,9,11,18H2,1-3H3,(H,19,20). The van der Waals surface area contributed by atoms with Crippen LogP contribution in [0.4, 0.5) is 4.39 Å². The van der Waals surface area contributed by atoms with Gasteiger partial charge < -0.3 is 11.1 Å². The summed E-state index contributed by atoms with van der Waals surface area (Å²) in [6, 6.07) is 3.99. The average Bonchev–Trinajstić information content (AvgIpc) is 2.43. The van der Waals surface area contributed by atoms with Gasteiger partial charge >= 0.3 is 0 Å². The van der Waals surface area contributed by atoms with Crippen LogP contribution in [-0.4, -0.2) is 19.0 Å². The SMILES string of the molecule is CCC(C)(C)CNC(=O)c1cc(F)ccc1C#CCN. The van der Waals surface area contributed by atoms with Crippen molar-refractivity contribution in [3.05, 3.63) is 35.1 Å². The second-order valence-electron chi connectivity index (χ2n) is 5.40. The van der Waals surface area contributed by atoms with E-state index in [0.717, 1.165) is 6.42 Å². The molecule has 0 saturated carbocycles. The van der Waals surface area contributed by atoms with E-state index < -0.39 is 5.82 Å². The molecular weight excluding hydrogens is 255 g/mol. The van der Waals surface area contributed by atoms with E-state index in [1.54, 1.807) is 0 Å². The van der Waals surface area contributed by atoms with Crippen LogP contribution < -0.4 is 11.1 Å². The van der Waals surface area contributed by atoms with Crippen molar-refractivity contribution in [2.45, 2.75) is 27.2 Å². The molecule has 1 rings (SSSR count). The van der Waals surface area contributed by atoms with Crippen LogP contribution in [0.15, 0.2) is 18.2 Å². The molecule has 4 heteroatoms. The molecule has 0 aromatic heterocycles. The number of hydrogen-bond donors (Lipinski definition) is 2. The van der Waals surface area contributed by atoms with Gasteiger partial charge in [-0.05, 0) is 30.0 Å². The maximum Gasteiger partial charge on any atom is 0.252 e. The molecule has 3 N–H and O–H groups in total. The Morgan fingerprint density at radius 1 is 1.45 bits per heavy atom. The molecule has 0 fully saturated rings. The first-order chi connectivity index (χ1) is 9.39. The highest BCUT2D eigenvalue weighted by molar-refractivity contribution is 5.96. The van der Waals surface area contributed by atoms with E-state index in [0.29, 0.717) is 12.1 Å². The zero-order valence-electron chi connectivity index (χ0n) is 12.2. The van der Waals surface area contributed by atoms with Crippen LogP contribution in [0.5, 0.6) is 0 Å². The molecule has 20 heavy (non-hydrogen) atoms. The van der Waals surface area contributed by atoms with Crippen LogP contribution in [0.1, 0.15) is 43.1 Å². The number of nitrogens with two attached hydrogens (primary N) is 1. The molecule has 0 unspecified atom stereocenters. The Morgan fingerprint density at radius 3 is 2.75 bits per heavy atom. The third kappa shape index (κ3) is 4.67. The Morgan fingerprint density at radius 2 is 2.15 bits per heavy atom. The Labute approximate surface area is 119 Å². The summed E-state index contributed by atoms with van der Waals surface area (Å²) in [5.74, 6) is 4.70. The first-order valence-corrected chi connectivity index (χ1v) is 6.66.